The van der Waals surface area contributed by atoms with Crippen LogP contribution in [0.25, 0.3) is 0 Å². The molecule has 6 saturated carbocycles. The second-order valence-electron chi connectivity index (χ2n) is 22.4. The van der Waals surface area contributed by atoms with Crippen LogP contribution in [0, 0.1) is 35.5 Å². The van der Waals surface area contributed by atoms with Gasteiger partial charge in [-0.05, 0) is 127 Å². The number of amides is 7. The lowest BCUT2D eigenvalue weighted by Crippen LogP contribution is -2.54. The minimum atomic E-state index is -3.83. The molecule has 8 aliphatic rings. The van der Waals surface area contributed by atoms with Crippen molar-refractivity contribution in [2.75, 3.05) is 32.5 Å². The van der Waals surface area contributed by atoms with Gasteiger partial charge < -0.3 is 35.0 Å². The standard InChI is InChI=1S/C34H40N4O8S.C21H31N3O6S/c1-38-17-8-3-2-5-10-22-21-34(22,32(41)37-47(43,44)27-15-16-27)36-30(39)28-19-26(20-29(28)31(38)40)46-33(42)35-23-11-9-14-25(18-23)45-24-12-6-4-7-13-24;1-24-9-5-3-2-4-6-13-12-21(13,20(28)23-31(29,30)15-7-8-15)22-18(26)16-10-14(25)11-17(16)19(24)27/h4-7,9-14,18,22,26-29H,2-3,8,15-17,19-21H2,1H3,(H,35,42)(H,36,39)(H,37,41);4,6,13-17,25H,2-3,5,7-12H2,1H3,(H,22,26)(H,23,28)/b10-5-;6-4-/t22-,26-,28-,29-,34-;13-,14-,16-,17-,21-/m11/s1. The van der Waals surface area contributed by atoms with E-state index in [2.05, 4.69) is 25.4 Å². The number of ether oxygens (including phenoxy) is 2. The normalized spacial score (nSPS) is 32.2. The van der Waals surface area contributed by atoms with E-state index in [0.717, 1.165) is 38.5 Å². The van der Waals surface area contributed by atoms with Gasteiger partial charge >= 0.3 is 6.09 Å². The van der Waals surface area contributed by atoms with Gasteiger partial charge in [-0.3, -0.25) is 43.5 Å². The van der Waals surface area contributed by atoms with Crippen LogP contribution in [0.15, 0.2) is 78.9 Å². The maximum absolute atomic E-state index is 13.9. The Labute approximate surface area is 455 Å². The molecule has 0 unspecified atom stereocenters. The van der Waals surface area contributed by atoms with Crippen molar-refractivity contribution in [3.05, 3.63) is 78.9 Å². The van der Waals surface area contributed by atoms with Gasteiger partial charge in [0.2, 0.25) is 43.7 Å². The Kier molecular flexibility index (Phi) is 16.8. The first kappa shape index (κ1) is 56.4. The molecule has 6 N–H and O–H groups in total. The Morgan fingerprint density at radius 2 is 1.10 bits per heavy atom. The Morgan fingerprint density at radius 1 is 0.628 bits per heavy atom. The van der Waals surface area contributed by atoms with Gasteiger partial charge in [0, 0.05) is 50.8 Å². The quantitative estimate of drug-likeness (QED) is 0.182. The highest BCUT2D eigenvalue weighted by Crippen LogP contribution is 2.48. The number of allylic oxidation sites excluding steroid dienone is 2. The number of nitrogens with zero attached hydrogens (tertiary/aromatic N) is 2. The third kappa shape index (κ3) is 13.2. The number of sulfonamides is 2. The van der Waals surface area contributed by atoms with Gasteiger partial charge in [0.15, 0.2) is 0 Å². The highest BCUT2D eigenvalue weighted by atomic mass is 32.2. The van der Waals surface area contributed by atoms with Crippen molar-refractivity contribution in [1.29, 1.82) is 0 Å². The highest BCUT2D eigenvalue weighted by molar-refractivity contribution is 7.91. The molecule has 0 spiro atoms. The minimum absolute atomic E-state index is 0.0687. The molecule has 2 heterocycles. The van der Waals surface area contributed by atoms with Crippen LogP contribution < -0.4 is 30.1 Å². The molecular formula is C55H71N7O14S2. The number of para-hydroxylation sites is 1. The molecule has 10 rings (SSSR count). The number of hydrogen-bond donors (Lipinski definition) is 6. The van der Waals surface area contributed by atoms with Crippen molar-refractivity contribution < 1.29 is 65.0 Å². The summed E-state index contributed by atoms with van der Waals surface area (Å²) < 4.78 is 65.8. The zero-order valence-corrected chi connectivity index (χ0v) is 45.6. The van der Waals surface area contributed by atoms with E-state index in [1.165, 1.54) is 0 Å². The summed E-state index contributed by atoms with van der Waals surface area (Å²) in [7, 11) is -4.18. The summed E-state index contributed by atoms with van der Waals surface area (Å²) in [4.78, 5) is 96.2. The van der Waals surface area contributed by atoms with Crippen molar-refractivity contribution in [2.45, 2.75) is 137 Å². The van der Waals surface area contributed by atoms with E-state index < -0.39 is 107 Å². The Bertz CT molecular complexity index is 2930. The number of aliphatic hydroxyl groups excluding tert-OH is 1. The molecule has 78 heavy (non-hydrogen) atoms. The van der Waals surface area contributed by atoms with Crippen LogP contribution in [-0.4, -0.2) is 134 Å². The maximum Gasteiger partial charge on any atom is 0.411 e. The van der Waals surface area contributed by atoms with Gasteiger partial charge in [-0.2, -0.15) is 0 Å². The first-order chi connectivity index (χ1) is 37.2. The lowest BCUT2D eigenvalue weighted by molar-refractivity contribution is -0.141. The molecule has 2 aliphatic heterocycles. The van der Waals surface area contributed by atoms with E-state index in [4.69, 9.17) is 9.47 Å². The molecule has 6 aliphatic carbocycles. The predicted octanol–water partition coefficient (Wildman–Crippen LogP) is 4.16. The lowest BCUT2D eigenvalue weighted by Gasteiger charge is -2.26. The smallest absolute Gasteiger partial charge is 0.411 e. The Balaban J connectivity index is 0.000000206. The first-order valence-corrected chi connectivity index (χ1v) is 30.4. The lowest BCUT2D eigenvalue weighted by atomic mass is 9.93. The van der Waals surface area contributed by atoms with Crippen LogP contribution >= 0.6 is 0 Å². The summed E-state index contributed by atoms with van der Waals surface area (Å²) in [6, 6.07) is 16.0. The van der Waals surface area contributed by atoms with Crippen LogP contribution in [0.4, 0.5) is 10.5 Å². The van der Waals surface area contributed by atoms with Crippen molar-refractivity contribution in [2.24, 2.45) is 35.5 Å². The fourth-order valence-electron chi connectivity index (χ4n) is 11.3. The van der Waals surface area contributed by atoms with Gasteiger partial charge in [-0.1, -0.05) is 48.6 Å². The third-order valence-electron chi connectivity index (χ3n) is 16.3. The molecule has 21 nitrogen and oxygen atoms in total. The molecule has 23 heteroatoms. The van der Waals surface area contributed by atoms with Gasteiger partial charge in [-0.15, -0.1) is 0 Å². The van der Waals surface area contributed by atoms with E-state index in [1.54, 1.807) is 48.2 Å². The average molecular weight is 1120 g/mol. The van der Waals surface area contributed by atoms with E-state index in [1.807, 2.05) is 54.6 Å². The summed E-state index contributed by atoms with van der Waals surface area (Å²) in [5, 5.41) is 17.3. The SMILES string of the molecule is CN1CCCC/C=C\[C@@H]2C[C@@]2(C(=O)NS(=O)(=O)C2CC2)NC(=O)[C@@H]2C[C@@H](O)C[C@H]2C1=O.CN1CCCC/C=C\[C@@H]2C[C@@]2(C(=O)NS(=O)(=O)C2CC2)NC(=O)[C@@H]2C[C@@H](OC(=O)Nc3cccc(Oc4ccccc4)c3)C[C@H]2C1=O. The summed E-state index contributed by atoms with van der Waals surface area (Å²) in [5.74, 6) is -5.49. The summed E-state index contributed by atoms with van der Waals surface area (Å²) in [5.41, 5.74) is -2.31. The maximum atomic E-state index is 13.9. The molecule has 2 aromatic rings. The fraction of sp³-hybridized carbons (Fsp3) is 0.582. The molecule has 0 aromatic heterocycles. The largest absolute Gasteiger partial charge is 0.457 e. The number of rotatable bonds is 10. The van der Waals surface area contributed by atoms with Crippen LogP contribution in [0.2, 0.25) is 0 Å². The molecule has 2 aromatic carbocycles. The average Bonchev–Trinajstić information content (AvgIpc) is 4.42. The van der Waals surface area contributed by atoms with Crippen LogP contribution in [0.1, 0.15) is 103 Å². The topological polar surface area (TPSA) is 293 Å². The minimum Gasteiger partial charge on any atom is -0.457 e. The van der Waals surface area contributed by atoms with Gasteiger partial charge in [-0.25, -0.2) is 21.6 Å². The number of anilines is 1. The van der Waals surface area contributed by atoms with E-state index >= 15 is 0 Å². The zero-order chi connectivity index (χ0) is 55.6. The number of carbonyl (C=O) groups is 7. The van der Waals surface area contributed by atoms with Gasteiger partial charge in [0.05, 0.1) is 40.3 Å². The molecule has 0 saturated heterocycles. The van der Waals surface area contributed by atoms with Gasteiger partial charge in [0.25, 0.3) is 11.8 Å². The number of aliphatic hydroxyl groups is 1. The van der Waals surface area contributed by atoms with E-state index in [9.17, 15) is 55.5 Å². The van der Waals surface area contributed by atoms with Crippen molar-refractivity contribution in [1.82, 2.24) is 29.9 Å². The Morgan fingerprint density at radius 3 is 1.63 bits per heavy atom. The number of benzene rings is 2. The number of fused-ring (bicyclic) bond motifs is 4. The number of nitrogens with one attached hydrogen (secondary N) is 5. The third-order valence-corrected chi connectivity index (χ3v) is 20.0. The molecule has 6 fully saturated rings. The van der Waals surface area contributed by atoms with Crippen LogP contribution in [0.3, 0.4) is 0 Å². The zero-order valence-electron chi connectivity index (χ0n) is 44.0. The summed E-state index contributed by atoms with van der Waals surface area (Å²) >= 11 is 0. The second kappa shape index (κ2) is 23.2. The summed E-state index contributed by atoms with van der Waals surface area (Å²) in [6.45, 7) is 1.10. The monoisotopic (exact) mass is 1120 g/mol. The molecule has 0 radical (unpaired) electrons. The van der Waals surface area contributed by atoms with Crippen LogP contribution in [0.5, 0.6) is 11.5 Å². The van der Waals surface area contributed by atoms with Crippen molar-refractivity contribution >= 4 is 67.3 Å². The van der Waals surface area contributed by atoms with Crippen molar-refractivity contribution in [3.8, 4) is 11.5 Å². The Hall–Kier alpha value is -6.33. The fourth-order valence-corrected chi connectivity index (χ4v) is 14.0. The number of hydrogen-bond acceptors (Lipinski definition) is 14. The van der Waals surface area contributed by atoms with Gasteiger partial charge in [0.1, 0.15) is 28.7 Å². The van der Waals surface area contributed by atoms with Crippen LogP contribution in [-0.2, 0) is 53.6 Å². The molecule has 7 amide bonds. The predicted molar refractivity (Wildman–Crippen MR) is 285 cm³/mol. The first-order valence-electron chi connectivity index (χ1n) is 27.3. The highest BCUT2D eigenvalue weighted by Gasteiger charge is 2.63. The number of carbonyl (C=O) groups excluding carboxylic acids is 7. The molecular weight excluding hydrogens is 1050 g/mol. The second-order valence-corrected chi connectivity index (χ2v) is 26.3. The molecule has 0 bridgehead atoms. The van der Waals surface area contributed by atoms with Crippen molar-refractivity contribution in [3.63, 3.8) is 0 Å². The van der Waals surface area contributed by atoms with E-state index in [0.29, 0.717) is 62.4 Å². The van der Waals surface area contributed by atoms with E-state index in [-0.39, 0.29) is 55.8 Å². The molecule has 10 atom stereocenters. The summed E-state index contributed by atoms with van der Waals surface area (Å²) in [6.07, 6.45) is 13.3. The molecule has 422 valence electrons.